The van der Waals surface area contributed by atoms with Gasteiger partial charge < -0.3 is 20.5 Å². The fourth-order valence-corrected chi connectivity index (χ4v) is 2.30. The van der Waals surface area contributed by atoms with Crippen LogP contribution in [0.2, 0.25) is 0 Å². The number of unbranched alkanes of at least 4 members (excludes halogenated alkanes) is 1. The normalized spacial score (nSPS) is 21.6. The molecular formula is C14H26N2O4. The van der Waals surface area contributed by atoms with E-state index in [9.17, 15) is 9.59 Å². The maximum atomic E-state index is 11.6. The number of nitrogens with one attached hydrogen (secondary N) is 2. The van der Waals surface area contributed by atoms with E-state index in [1.165, 1.54) is 0 Å². The second-order valence-electron chi connectivity index (χ2n) is 5.26. The number of carboxylic acids is 1. The predicted molar refractivity (Wildman–Crippen MR) is 75.6 cm³/mol. The second kappa shape index (κ2) is 9.58. The Balaban J connectivity index is 2.00. The van der Waals surface area contributed by atoms with Crippen molar-refractivity contribution in [3.05, 3.63) is 0 Å². The van der Waals surface area contributed by atoms with E-state index < -0.39 is 5.97 Å². The van der Waals surface area contributed by atoms with Crippen LogP contribution in [-0.4, -0.2) is 42.9 Å². The van der Waals surface area contributed by atoms with Crippen LogP contribution in [0.5, 0.6) is 0 Å². The van der Waals surface area contributed by atoms with Gasteiger partial charge in [-0.25, -0.2) is 4.79 Å². The summed E-state index contributed by atoms with van der Waals surface area (Å²) in [5.41, 5.74) is 0. The van der Waals surface area contributed by atoms with Crippen LogP contribution >= 0.6 is 0 Å². The van der Waals surface area contributed by atoms with Crippen molar-refractivity contribution >= 4 is 12.0 Å². The van der Waals surface area contributed by atoms with Crippen LogP contribution in [0.25, 0.3) is 0 Å². The van der Waals surface area contributed by atoms with Crippen LogP contribution in [0.1, 0.15) is 45.4 Å². The van der Waals surface area contributed by atoms with Crippen molar-refractivity contribution < 1.29 is 19.4 Å². The lowest BCUT2D eigenvalue weighted by Gasteiger charge is -2.13. The molecule has 3 N–H and O–H groups in total. The Labute approximate surface area is 120 Å². The van der Waals surface area contributed by atoms with Gasteiger partial charge in [0.25, 0.3) is 0 Å². The Morgan fingerprint density at radius 2 is 2.00 bits per heavy atom. The van der Waals surface area contributed by atoms with Crippen LogP contribution < -0.4 is 10.6 Å². The number of aliphatic carboxylic acids is 1. The number of hydrogen-bond donors (Lipinski definition) is 3. The second-order valence-corrected chi connectivity index (χ2v) is 5.26. The molecule has 0 radical (unpaired) electrons. The molecule has 0 spiro atoms. The fourth-order valence-electron chi connectivity index (χ4n) is 2.30. The third kappa shape index (κ3) is 6.75. The van der Waals surface area contributed by atoms with Crippen molar-refractivity contribution in [1.29, 1.82) is 0 Å². The first kappa shape index (κ1) is 16.8. The van der Waals surface area contributed by atoms with Crippen LogP contribution in [0.3, 0.4) is 0 Å². The van der Waals surface area contributed by atoms with Gasteiger partial charge in [-0.05, 0) is 32.1 Å². The summed E-state index contributed by atoms with van der Waals surface area (Å²) >= 11 is 0. The summed E-state index contributed by atoms with van der Waals surface area (Å²) < 4.78 is 5.39. The van der Waals surface area contributed by atoms with E-state index in [2.05, 4.69) is 17.6 Å². The molecular weight excluding hydrogens is 260 g/mol. The van der Waals surface area contributed by atoms with Gasteiger partial charge in [0, 0.05) is 25.8 Å². The molecule has 0 aromatic carbocycles. The maximum Gasteiger partial charge on any atom is 0.315 e. The number of amides is 2. The molecule has 0 aromatic rings. The summed E-state index contributed by atoms with van der Waals surface area (Å²) in [4.78, 5) is 22.4. The highest BCUT2D eigenvalue weighted by Gasteiger charge is 2.30. The number of carbonyl (C=O) groups is 2. The number of urea groups is 1. The van der Waals surface area contributed by atoms with Gasteiger partial charge in [0.05, 0.1) is 5.92 Å². The first-order valence-corrected chi connectivity index (χ1v) is 7.48. The average molecular weight is 286 g/mol. The van der Waals surface area contributed by atoms with Crippen LogP contribution in [0.4, 0.5) is 4.79 Å². The molecule has 0 heterocycles. The van der Waals surface area contributed by atoms with Gasteiger partial charge in [-0.15, -0.1) is 0 Å². The van der Waals surface area contributed by atoms with Gasteiger partial charge in [0.2, 0.25) is 0 Å². The third-order valence-corrected chi connectivity index (χ3v) is 3.51. The molecule has 2 amide bonds. The summed E-state index contributed by atoms with van der Waals surface area (Å²) in [6.45, 7) is 4.13. The molecule has 2 atom stereocenters. The molecule has 1 fully saturated rings. The smallest absolute Gasteiger partial charge is 0.315 e. The topological polar surface area (TPSA) is 87.7 Å². The van der Waals surface area contributed by atoms with Crippen molar-refractivity contribution in [1.82, 2.24) is 10.6 Å². The molecule has 1 aliphatic rings. The molecule has 6 heteroatoms. The van der Waals surface area contributed by atoms with E-state index in [-0.39, 0.29) is 18.0 Å². The summed E-state index contributed by atoms with van der Waals surface area (Å²) in [6, 6.07) is -0.230. The number of rotatable bonds is 9. The van der Waals surface area contributed by atoms with E-state index in [0.717, 1.165) is 32.3 Å². The number of carbonyl (C=O) groups excluding carboxylic acids is 1. The minimum Gasteiger partial charge on any atom is -0.481 e. The largest absolute Gasteiger partial charge is 0.481 e. The molecule has 6 nitrogen and oxygen atoms in total. The number of ether oxygens (including phenoxy) is 1. The third-order valence-electron chi connectivity index (χ3n) is 3.51. The Bertz CT molecular complexity index is 310. The van der Waals surface area contributed by atoms with E-state index in [0.29, 0.717) is 26.0 Å². The Kier molecular flexibility index (Phi) is 8.02. The van der Waals surface area contributed by atoms with E-state index in [4.69, 9.17) is 9.84 Å². The first-order chi connectivity index (χ1) is 9.63. The Hall–Kier alpha value is -1.30. The highest BCUT2D eigenvalue weighted by molar-refractivity contribution is 5.75. The van der Waals surface area contributed by atoms with Crippen molar-refractivity contribution in [2.75, 3.05) is 19.8 Å². The Morgan fingerprint density at radius 1 is 1.25 bits per heavy atom. The van der Waals surface area contributed by atoms with Crippen molar-refractivity contribution in [2.24, 2.45) is 5.92 Å². The van der Waals surface area contributed by atoms with Gasteiger partial charge in [0.15, 0.2) is 0 Å². The van der Waals surface area contributed by atoms with Gasteiger partial charge in [0.1, 0.15) is 0 Å². The van der Waals surface area contributed by atoms with Gasteiger partial charge >= 0.3 is 12.0 Å². The van der Waals surface area contributed by atoms with Crippen LogP contribution in [-0.2, 0) is 9.53 Å². The zero-order chi connectivity index (χ0) is 14.8. The molecule has 1 rings (SSSR count). The SMILES string of the molecule is CCCCOCCCNC(=O)N[C@H]1CC[C@@H](C(=O)O)C1. The number of hydrogen-bond acceptors (Lipinski definition) is 3. The van der Waals surface area contributed by atoms with Gasteiger partial charge in [-0.3, -0.25) is 4.79 Å². The summed E-state index contributed by atoms with van der Waals surface area (Å²) in [5.74, 6) is -1.08. The van der Waals surface area contributed by atoms with E-state index in [1.807, 2.05) is 0 Å². The minimum atomic E-state index is -0.765. The molecule has 0 aromatic heterocycles. The maximum absolute atomic E-state index is 11.6. The molecule has 0 bridgehead atoms. The van der Waals surface area contributed by atoms with Crippen molar-refractivity contribution in [2.45, 2.75) is 51.5 Å². The standard InChI is InChI=1S/C14H26N2O4/c1-2-3-8-20-9-4-7-15-14(19)16-12-6-5-11(10-12)13(17)18/h11-12H,2-10H2,1H3,(H,17,18)(H2,15,16,19)/t11-,12+/m1/s1. The summed E-state index contributed by atoms with van der Waals surface area (Å²) in [5, 5.41) is 14.5. The quantitative estimate of drug-likeness (QED) is 0.563. The summed E-state index contributed by atoms with van der Waals surface area (Å²) in [6.07, 6.45) is 4.90. The summed E-state index contributed by atoms with van der Waals surface area (Å²) in [7, 11) is 0. The molecule has 20 heavy (non-hydrogen) atoms. The van der Waals surface area contributed by atoms with Gasteiger partial charge in [-0.1, -0.05) is 13.3 Å². The molecule has 0 unspecified atom stereocenters. The highest BCUT2D eigenvalue weighted by Crippen LogP contribution is 2.25. The zero-order valence-corrected chi connectivity index (χ0v) is 12.2. The first-order valence-electron chi connectivity index (χ1n) is 7.48. The minimum absolute atomic E-state index is 0.0168. The van der Waals surface area contributed by atoms with E-state index in [1.54, 1.807) is 0 Å². The number of carboxylic acid groups (broad SMARTS) is 1. The van der Waals surface area contributed by atoms with Crippen molar-refractivity contribution in [3.63, 3.8) is 0 Å². The van der Waals surface area contributed by atoms with Crippen molar-refractivity contribution in [3.8, 4) is 0 Å². The average Bonchev–Trinajstić information content (AvgIpc) is 2.86. The monoisotopic (exact) mass is 286 g/mol. The predicted octanol–water partition coefficient (Wildman–Crippen LogP) is 1.75. The molecule has 0 saturated heterocycles. The highest BCUT2D eigenvalue weighted by atomic mass is 16.5. The zero-order valence-electron chi connectivity index (χ0n) is 12.2. The molecule has 0 aliphatic heterocycles. The lowest BCUT2D eigenvalue weighted by Crippen LogP contribution is -2.41. The van der Waals surface area contributed by atoms with Crippen LogP contribution in [0.15, 0.2) is 0 Å². The van der Waals surface area contributed by atoms with Crippen LogP contribution in [0, 0.1) is 5.92 Å². The molecule has 1 aliphatic carbocycles. The molecule has 116 valence electrons. The Morgan fingerprint density at radius 3 is 2.65 bits per heavy atom. The molecule has 1 saturated carbocycles. The van der Waals surface area contributed by atoms with Gasteiger partial charge in [-0.2, -0.15) is 0 Å². The van der Waals surface area contributed by atoms with E-state index >= 15 is 0 Å². The lowest BCUT2D eigenvalue weighted by atomic mass is 10.1. The lowest BCUT2D eigenvalue weighted by molar-refractivity contribution is -0.141. The fraction of sp³-hybridized carbons (Fsp3) is 0.857.